The van der Waals surface area contributed by atoms with Crippen molar-refractivity contribution in [3.8, 4) is 0 Å². The molecule has 0 aromatic rings. The summed E-state index contributed by atoms with van der Waals surface area (Å²) in [5, 5.41) is 0. The van der Waals surface area contributed by atoms with Crippen LogP contribution in [0.1, 0.15) is 33.6 Å². The maximum Gasteiger partial charge on any atom is 0.410 e. The van der Waals surface area contributed by atoms with Crippen LogP contribution in [0.15, 0.2) is 0 Å². The molecule has 2 aliphatic rings. The SMILES string of the molecule is CC(C)(C)OC(=O)N1C[C@H]2CCC(=O)[C@@H]21. The van der Waals surface area contributed by atoms with E-state index >= 15 is 0 Å². The van der Waals surface area contributed by atoms with E-state index in [0.717, 1.165) is 6.42 Å². The third-order valence-corrected chi connectivity index (χ3v) is 2.93. The van der Waals surface area contributed by atoms with E-state index < -0.39 is 5.60 Å². The molecule has 0 N–H and O–H groups in total. The number of carbonyl (C=O) groups is 2. The number of Topliss-reactive ketones (excluding diaryl/α,β-unsaturated/α-hetero) is 1. The van der Waals surface area contributed by atoms with Gasteiger partial charge in [-0.3, -0.25) is 9.69 Å². The van der Waals surface area contributed by atoms with E-state index in [1.54, 1.807) is 4.90 Å². The first-order valence-electron chi connectivity index (χ1n) is 5.41. The molecule has 0 aromatic carbocycles. The Labute approximate surface area is 89.6 Å². The van der Waals surface area contributed by atoms with Crippen molar-refractivity contribution >= 4 is 11.9 Å². The predicted octanol–water partition coefficient (Wildman–Crippen LogP) is 1.58. The fraction of sp³-hybridized carbons (Fsp3) is 0.818. The molecule has 1 saturated heterocycles. The van der Waals surface area contributed by atoms with Crippen molar-refractivity contribution in [3.05, 3.63) is 0 Å². The Morgan fingerprint density at radius 3 is 2.67 bits per heavy atom. The van der Waals surface area contributed by atoms with Crippen LogP contribution in [0, 0.1) is 5.92 Å². The van der Waals surface area contributed by atoms with E-state index in [9.17, 15) is 9.59 Å². The van der Waals surface area contributed by atoms with Gasteiger partial charge >= 0.3 is 6.09 Å². The molecule has 4 nitrogen and oxygen atoms in total. The van der Waals surface area contributed by atoms with Crippen LogP contribution >= 0.6 is 0 Å². The first-order chi connectivity index (χ1) is 6.88. The van der Waals surface area contributed by atoms with Crippen molar-refractivity contribution in [2.75, 3.05) is 6.54 Å². The van der Waals surface area contributed by atoms with Gasteiger partial charge in [0, 0.05) is 18.9 Å². The number of ether oxygens (including phenoxy) is 1. The molecule has 1 heterocycles. The normalized spacial score (nSPS) is 29.8. The third kappa shape index (κ3) is 1.85. The molecule has 0 aromatic heterocycles. The van der Waals surface area contributed by atoms with E-state index in [-0.39, 0.29) is 17.9 Å². The van der Waals surface area contributed by atoms with Crippen molar-refractivity contribution in [1.82, 2.24) is 4.90 Å². The van der Waals surface area contributed by atoms with Crippen molar-refractivity contribution in [3.63, 3.8) is 0 Å². The Bertz CT molecular complexity index is 305. The molecule has 1 saturated carbocycles. The Balaban J connectivity index is 1.96. The van der Waals surface area contributed by atoms with Gasteiger partial charge in [0.1, 0.15) is 5.60 Å². The summed E-state index contributed by atoms with van der Waals surface area (Å²) in [6.45, 7) is 6.18. The molecule has 0 unspecified atom stereocenters. The van der Waals surface area contributed by atoms with Crippen molar-refractivity contribution in [2.45, 2.75) is 45.3 Å². The van der Waals surface area contributed by atoms with Gasteiger partial charge in [-0.25, -0.2) is 4.79 Å². The zero-order chi connectivity index (χ0) is 11.2. The highest BCUT2D eigenvalue weighted by atomic mass is 16.6. The molecule has 0 radical (unpaired) electrons. The number of hydrogen-bond acceptors (Lipinski definition) is 3. The van der Waals surface area contributed by atoms with Gasteiger partial charge in [0.15, 0.2) is 5.78 Å². The van der Waals surface area contributed by atoms with Crippen LogP contribution in [0.2, 0.25) is 0 Å². The highest BCUT2D eigenvalue weighted by molar-refractivity contribution is 5.91. The molecule has 1 aliphatic heterocycles. The summed E-state index contributed by atoms with van der Waals surface area (Å²) in [4.78, 5) is 24.7. The fourth-order valence-electron chi connectivity index (χ4n) is 2.25. The number of hydrogen-bond donors (Lipinski definition) is 0. The van der Waals surface area contributed by atoms with Gasteiger partial charge in [0.2, 0.25) is 0 Å². The predicted molar refractivity (Wildman–Crippen MR) is 54.5 cm³/mol. The Morgan fingerprint density at radius 2 is 2.13 bits per heavy atom. The van der Waals surface area contributed by atoms with Crippen LogP contribution in [0.25, 0.3) is 0 Å². The second-order valence-corrected chi connectivity index (χ2v) is 5.34. The Morgan fingerprint density at radius 1 is 1.47 bits per heavy atom. The van der Waals surface area contributed by atoms with Gasteiger partial charge in [-0.15, -0.1) is 0 Å². The minimum absolute atomic E-state index is 0.181. The number of fused-ring (bicyclic) bond motifs is 1. The summed E-state index contributed by atoms with van der Waals surface area (Å²) in [5.41, 5.74) is -0.482. The Hall–Kier alpha value is -1.06. The maximum atomic E-state index is 11.7. The van der Waals surface area contributed by atoms with Crippen molar-refractivity contribution in [2.24, 2.45) is 5.92 Å². The van der Waals surface area contributed by atoms with Crippen molar-refractivity contribution < 1.29 is 14.3 Å². The smallest absolute Gasteiger partial charge is 0.410 e. The highest BCUT2D eigenvalue weighted by Gasteiger charge is 2.50. The second-order valence-electron chi connectivity index (χ2n) is 5.34. The molecule has 4 heteroatoms. The number of nitrogens with zero attached hydrogens (tertiary/aromatic N) is 1. The maximum absolute atomic E-state index is 11.7. The first kappa shape index (κ1) is 10.5. The number of ketones is 1. The molecule has 2 atom stereocenters. The van der Waals surface area contributed by atoms with Crippen LogP contribution < -0.4 is 0 Å². The summed E-state index contributed by atoms with van der Waals surface area (Å²) >= 11 is 0. The van der Waals surface area contributed by atoms with Crippen LogP contribution in [0.4, 0.5) is 4.79 Å². The third-order valence-electron chi connectivity index (χ3n) is 2.93. The minimum Gasteiger partial charge on any atom is -0.444 e. The number of carbonyl (C=O) groups excluding carboxylic acids is 2. The van der Waals surface area contributed by atoms with Gasteiger partial charge < -0.3 is 4.74 Å². The van der Waals surface area contributed by atoms with E-state index in [1.165, 1.54) is 0 Å². The quantitative estimate of drug-likeness (QED) is 0.611. The topological polar surface area (TPSA) is 46.6 Å². The Kier molecular flexibility index (Phi) is 2.24. The van der Waals surface area contributed by atoms with Crippen LogP contribution in [-0.4, -0.2) is 35.0 Å². The lowest BCUT2D eigenvalue weighted by atomic mass is 9.92. The molecular weight excluding hydrogens is 194 g/mol. The zero-order valence-electron chi connectivity index (χ0n) is 9.45. The van der Waals surface area contributed by atoms with Gasteiger partial charge in [0.25, 0.3) is 0 Å². The molecular formula is C11H17NO3. The zero-order valence-corrected chi connectivity index (χ0v) is 9.45. The molecule has 84 valence electrons. The van der Waals surface area contributed by atoms with Gasteiger partial charge in [-0.2, -0.15) is 0 Å². The summed E-state index contributed by atoms with van der Waals surface area (Å²) in [7, 11) is 0. The monoisotopic (exact) mass is 211 g/mol. The second kappa shape index (κ2) is 3.22. The standard InChI is InChI=1S/C11H17NO3/c1-11(2,3)15-10(14)12-6-7-4-5-8(13)9(7)12/h7,9H,4-6H2,1-3H3/t7-,9-/m1/s1. The van der Waals surface area contributed by atoms with E-state index in [0.29, 0.717) is 18.9 Å². The van der Waals surface area contributed by atoms with E-state index in [4.69, 9.17) is 4.74 Å². The van der Waals surface area contributed by atoms with Gasteiger partial charge in [0.05, 0.1) is 6.04 Å². The first-order valence-corrected chi connectivity index (χ1v) is 5.41. The molecule has 0 spiro atoms. The molecule has 15 heavy (non-hydrogen) atoms. The molecule has 2 rings (SSSR count). The van der Waals surface area contributed by atoms with Gasteiger partial charge in [-0.05, 0) is 27.2 Å². The summed E-state index contributed by atoms with van der Waals surface area (Å²) in [5.74, 6) is 0.585. The lowest BCUT2D eigenvalue weighted by molar-refractivity contribution is -0.126. The van der Waals surface area contributed by atoms with E-state index in [1.807, 2.05) is 20.8 Å². The van der Waals surface area contributed by atoms with Gasteiger partial charge in [-0.1, -0.05) is 0 Å². The lowest BCUT2D eigenvalue weighted by Crippen LogP contribution is -2.59. The average molecular weight is 211 g/mol. The number of rotatable bonds is 0. The fourth-order valence-corrected chi connectivity index (χ4v) is 2.25. The van der Waals surface area contributed by atoms with Crippen LogP contribution in [0.5, 0.6) is 0 Å². The summed E-state index contributed by atoms with van der Waals surface area (Å²) in [6.07, 6.45) is 1.20. The highest BCUT2D eigenvalue weighted by Crippen LogP contribution is 2.37. The molecule has 1 amide bonds. The minimum atomic E-state index is -0.482. The van der Waals surface area contributed by atoms with E-state index in [2.05, 4.69) is 0 Å². The average Bonchev–Trinajstić information content (AvgIpc) is 2.21. The summed E-state index contributed by atoms with van der Waals surface area (Å²) < 4.78 is 5.23. The molecule has 1 aliphatic carbocycles. The van der Waals surface area contributed by atoms with Crippen LogP contribution in [0.3, 0.4) is 0 Å². The number of amides is 1. The largest absolute Gasteiger partial charge is 0.444 e. The number of likely N-dealkylation sites (tertiary alicyclic amines) is 1. The van der Waals surface area contributed by atoms with Crippen molar-refractivity contribution in [1.29, 1.82) is 0 Å². The molecule has 0 bridgehead atoms. The molecule has 2 fully saturated rings. The summed E-state index contributed by atoms with van der Waals surface area (Å²) in [6, 6.07) is -0.181. The lowest BCUT2D eigenvalue weighted by Gasteiger charge is -2.43. The van der Waals surface area contributed by atoms with Crippen LogP contribution in [-0.2, 0) is 9.53 Å².